The average molecular weight is 598 g/mol. The second-order valence-corrected chi connectivity index (χ2v) is 11.0. The highest BCUT2D eigenvalue weighted by molar-refractivity contribution is 7.87. The van der Waals surface area contributed by atoms with E-state index >= 15 is 0 Å². The van der Waals surface area contributed by atoms with Crippen LogP contribution in [0.25, 0.3) is 0 Å². The molecular weight excluding hydrogens is 574 g/mol. The van der Waals surface area contributed by atoms with Crippen LogP contribution < -0.4 is 0 Å². The van der Waals surface area contributed by atoms with Gasteiger partial charge in [0.2, 0.25) is 0 Å². The second kappa shape index (κ2) is 10.7. The molecule has 4 atom stereocenters. The van der Waals surface area contributed by atoms with Crippen molar-refractivity contribution in [2.24, 2.45) is 23.7 Å². The minimum atomic E-state index is -6.41. The molecule has 2 saturated carbocycles. The molecule has 0 saturated heterocycles. The van der Waals surface area contributed by atoms with Crippen molar-refractivity contribution in [1.29, 1.82) is 0 Å². The van der Waals surface area contributed by atoms with Crippen LogP contribution in [0.1, 0.15) is 32.1 Å². The number of fused-ring (bicyclic) bond motifs is 2. The molecule has 4 unspecified atom stereocenters. The van der Waals surface area contributed by atoms with Crippen molar-refractivity contribution in [3.63, 3.8) is 0 Å². The minimum Gasteiger partial charge on any atom is -0.462 e. The zero-order valence-corrected chi connectivity index (χ0v) is 20.1. The fourth-order valence-corrected chi connectivity index (χ4v) is 5.29. The topological polar surface area (TPSA) is 110 Å². The zero-order chi connectivity index (χ0) is 29.5. The Balaban J connectivity index is 1.79. The Kier molecular flexibility index (Phi) is 9.19. The number of carbonyl (C=O) groups is 1. The van der Waals surface area contributed by atoms with E-state index in [1.165, 1.54) is 0 Å². The van der Waals surface area contributed by atoms with E-state index in [-0.39, 0.29) is 31.8 Å². The van der Waals surface area contributed by atoms with Crippen molar-refractivity contribution in [3.05, 3.63) is 12.2 Å². The Morgan fingerprint density at radius 2 is 1.39 bits per heavy atom. The fourth-order valence-electron chi connectivity index (χ4n) is 4.81. The Bertz CT molecular complexity index is 979. The molecular formula is C20H24F10O7S. The molecule has 38 heavy (non-hydrogen) atoms. The molecule has 2 aliphatic rings. The number of alkyl halides is 10. The summed E-state index contributed by atoms with van der Waals surface area (Å²) in [7, 11) is -6.41. The summed E-state index contributed by atoms with van der Waals surface area (Å²) in [5, 5.41) is 3.65. The molecule has 2 bridgehead atoms. The highest BCUT2D eigenvalue weighted by Gasteiger charge is 2.71. The Hall–Kier alpha value is -1.66. The normalized spacial score (nSPS) is 25.1. The van der Waals surface area contributed by atoms with Gasteiger partial charge in [-0.05, 0) is 49.4 Å². The number of ether oxygens (including phenoxy) is 2. The molecule has 0 spiro atoms. The van der Waals surface area contributed by atoms with E-state index in [0.717, 1.165) is 0 Å². The van der Waals surface area contributed by atoms with Crippen molar-refractivity contribution in [2.45, 2.75) is 61.2 Å². The molecule has 18 heteroatoms. The van der Waals surface area contributed by atoms with E-state index in [4.69, 9.17) is 9.29 Å². The first-order chi connectivity index (χ1) is 16.9. The number of rotatable bonds is 12. The van der Waals surface area contributed by atoms with Gasteiger partial charge >= 0.3 is 39.6 Å². The van der Waals surface area contributed by atoms with E-state index in [1.807, 2.05) is 0 Å². The zero-order valence-electron chi connectivity index (χ0n) is 19.3. The third-order valence-corrected chi connectivity index (χ3v) is 7.90. The van der Waals surface area contributed by atoms with Crippen molar-refractivity contribution < 1.29 is 76.2 Å². The number of carbonyl (C=O) groups excluding carboxylic acids is 1. The first-order valence-electron chi connectivity index (χ1n) is 11.0. The smallest absolute Gasteiger partial charge is 0.431 e. The number of hydrogen-bond acceptors (Lipinski definition) is 6. The van der Waals surface area contributed by atoms with Gasteiger partial charge in [-0.25, -0.2) is 4.79 Å². The Morgan fingerprint density at radius 3 is 1.84 bits per heavy atom. The molecule has 0 radical (unpaired) electrons. The highest BCUT2D eigenvalue weighted by atomic mass is 32.2. The van der Waals surface area contributed by atoms with Crippen LogP contribution in [-0.2, 0) is 24.4 Å². The molecule has 0 heterocycles. The predicted molar refractivity (Wildman–Crippen MR) is 106 cm³/mol. The highest BCUT2D eigenvalue weighted by Crippen LogP contribution is 2.57. The number of aliphatic hydroxyl groups is 1. The van der Waals surface area contributed by atoms with Crippen LogP contribution in [0.5, 0.6) is 0 Å². The molecule has 0 aliphatic heterocycles. The summed E-state index contributed by atoms with van der Waals surface area (Å²) < 4.78 is 169. The Labute approximate surface area is 209 Å². The first kappa shape index (κ1) is 32.6. The maximum Gasteiger partial charge on any atom is 0.431 e. The van der Waals surface area contributed by atoms with Crippen LogP contribution in [0, 0.1) is 23.7 Å². The molecule has 0 aromatic carbocycles. The van der Waals surface area contributed by atoms with E-state index in [2.05, 4.69) is 11.3 Å². The SMILES string of the molecule is C=C(COCCC(F)(F)C(F)(F)S(=O)(=O)O)C(=O)OCC1CC2CC1CC2CC(O)(C(F)(F)F)C(F)(F)F. The van der Waals surface area contributed by atoms with E-state index in [9.17, 15) is 62.2 Å². The van der Waals surface area contributed by atoms with Gasteiger partial charge in [-0.1, -0.05) is 6.58 Å². The van der Waals surface area contributed by atoms with Crippen LogP contribution in [0.3, 0.4) is 0 Å². The number of esters is 1. The third-order valence-electron chi connectivity index (χ3n) is 6.95. The lowest BCUT2D eigenvalue weighted by molar-refractivity contribution is -0.373. The summed E-state index contributed by atoms with van der Waals surface area (Å²) in [5.74, 6) is -8.70. The third kappa shape index (κ3) is 6.55. The lowest BCUT2D eigenvalue weighted by Gasteiger charge is -2.37. The van der Waals surface area contributed by atoms with Gasteiger partial charge in [-0.15, -0.1) is 0 Å². The molecule has 0 amide bonds. The van der Waals surface area contributed by atoms with Gasteiger partial charge in [0.15, 0.2) is 0 Å². The quantitative estimate of drug-likeness (QED) is 0.112. The van der Waals surface area contributed by atoms with Crippen LogP contribution in [0.2, 0.25) is 0 Å². The van der Waals surface area contributed by atoms with Gasteiger partial charge < -0.3 is 14.6 Å². The van der Waals surface area contributed by atoms with E-state index in [0.29, 0.717) is 0 Å². The summed E-state index contributed by atoms with van der Waals surface area (Å²) >= 11 is 0. The van der Waals surface area contributed by atoms with Crippen molar-refractivity contribution in [1.82, 2.24) is 0 Å². The van der Waals surface area contributed by atoms with Crippen molar-refractivity contribution in [2.75, 3.05) is 19.8 Å². The molecule has 7 nitrogen and oxygen atoms in total. The molecule has 2 fully saturated rings. The first-order valence-corrected chi connectivity index (χ1v) is 12.4. The van der Waals surface area contributed by atoms with Gasteiger partial charge in [0.1, 0.15) is 0 Å². The van der Waals surface area contributed by atoms with Gasteiger partial charge in [0.25, 0.3) is 5.60 Å². The standard InChI is InChI=1S/C20H24F10O7S/c1-10(8-36-3-2-17(21,22)20(29,30)38(33,34)35)15(31)37-9-14-6-11-4-12(14)5-13(11)7-16(32,18(23,24)25)19(26,27)28/h11-14,32H,1-9H2,(H,33,34,35). The molecule has 0 aromatic heterocycles. The summed E-state index contributed by atoms with van der Waals surface area (Å²) in [6.07, 6.45) is -14.9. The lowest BCUT2D eigenvalue weighted by atomic mass is 9.76. The van der Waals surface area contributed by atoms with E-state index < -0.39 is 94.6 Å². The summed E-state index contributed by atoms with van der Waals surface area (Å²) in [6, 6.07) is 0. The predicted octanol–water partition coefficient (Wildman–Crippen LogP) is 4.52. The average Bonchev–Trinajstić information content (AvgIpc) is 3.32. The van der Waals surface area contributed by atoms with E-state index in [1.54, 1.807) is 0 Å². The number of halogens is 10. The maximum atomic E-state index is 13.4. The molecule has 2 N–H and O–H groups in total. The Morgan fingerprint density at radius 1 is 0.895 bits per heavy atom. The number of hydrogen-bond donors (Lipinski definition) is 2. The molecule has 0 aromatic rings. The second-order valence-electron chi connectivity index (χ2n) is 9.51. The monoisotopic (exact) mass is 598 g/mol. The minimum absolute atomic E-state index is 0.0617. The van der Waals surface area contributed by atoms with Crippen LogP contribution >= 0.6 is 0 Å². The van der Waals surface area contributed by atoms with Crippen LogP contribution in [-0.4, -0.2) is 73.0 Å². The van der Waals surface area contributed by atoms with Crippen LogP contribution in [0.4, 0.5) is 43.9 Å². The molecule has 2 rings (SSSR count). The fraction of sp³-hybridized carbons (Fsp3) is 0.850. The van der Waals surface area contributed by atoms with Crippen molar-refractivity contribution >= 4 is 16.1 Å². The van der Waals surface area contributed by atoms with Gasteiger partial charge in [-0.2, -0.15) is 52.3 Å². The molecule has 2 aliphatic carbocycles. The largest absolute Gasteiger partial charge is 0.462 e. The van der Waals surface area contributed by atoms with Gasteiger partial charge in [0.05, 0.1) is 25.4 Å². The van der Waals surface area contributed by atoms with Crippen LogP contribution in [0.15, 0.2) is 12.2 Å². The molecule has 222 valence electrons. The summed E-state index contributed by atoms with van der Waals surface area (Å²) in [6.45, 7) is 1.03. The lowest BCUT2D eigenvalue weighted by Crippen LogP contribution is -2.58. The van der Waals surface area contributed by atoms with Gasteiger partial charge in [0, 0.05) is 6.42 Å². The van der Waals surface area contributed by atoms with Crippen molar-refractivity contribution in [3.8, 4) is 0 Å². The van der Waals surface area contributed by atoms with Gasteiger partial charge in [-0.3, -0.25) is 4.55 Å². The summed E-state index contributed by atoms with van der Waals surface area (Å²) in [5.41, 5.74) is -5.29. The summed E-state index contributed by atoms with van der Waals surface area (Å²) in [4.78, 5) is 12.0. The maximum absolute atomic E-state index is 13.4.